The van der Waals surface area contributed by atoms with E-state index >= 15 is 0 Å². The first-order valence-electron chi connectivity index (χ1n) is 3.92. The average Bonchev–Trinajstić information content (AvgIpc) is 2.04. The highest BCUT2D eigenvalue weighted by Gasteiger charge is 2.00. The first-order valence-corrected chi connectivity index (χ1v) is 3.92. The summed E-state index contributed by atoms with van der Waals surface area (Å²) in [7, 11) is 0. The number of carbonyl (C=O) groups is 1. The van der Waals surface area contributed by atoms with Crippen LogP contribution in [0, 0.1) is 17.7 Å². The third kappa shape index (κ3) is 3.08. The molecule has 0 aliphatic carbocycles. The normalized spacial score (nSPS) is 8.77. The number of halogens is 1. The van der Waals surface area contributed by atoms with Gasteiger partial charge in [0.2, 0.25) is 5.78 Å². The number of benzene rings is 1. The van der Waals surface area contributed by atoms with E-state index in [1.807, 2.05) is 0 Å². The topological polar surface area (TPSA) is 17.1 Å². The molecule has 1 aromatic carbocycles. The highest BCUT2D eigenvalue weighted by atomic mass is 19.1. The van der Waals surface area contributed by atoms with Crippen LogP contribution in [0.15, 0.2) is 24.3 Å². The van der Waals surface area contributed by atoms with Crippen LogP contribution in [-0.2, 0) is 11.2 Å². The Balaban J connectivity index is 2.73. The van der Waals surface area contributed by atoms with E-state index in [4.69, 9.17) is 0 Å². The third-order valence-electron chi connectivity index (χ3n) is 1.52. The van der Waals surface area contributed by atoms with Gasteiger partial charge in [-0.05, 0) is 30.5 Å². The second kappa shape index (κ2) is 4.42. The van der Waals surface area contributed by atoms with E-state index in [1.165, 1.54) is 12.1 Å². The number of Topliss-reactive ketones (excluding diaryl/α,β-unsaturated/α-hetero) is 1. The van der Waals surface area contributed by atoms with Crippen molar-refractivity contribution in [3.8, 4) is 11.8 Å². The molecule has 2 heteroatoms. The van der Waals surface area contributed by atoms with Gasteiger partial charge in [0, 0.05) is 6.42 Å². The second-order valence-corrected chi connectivity index (χ2v) is 2.60. The lowest BCUT2D eigenvalue weighted by Crippen LogP contribution is -1.98. The minimum absolute atomic E-state index is 0.179. The summed E-state index contributed by atoms with van der Waals surface area (Å²) in [6.07, 6.45) is 0.179. The number of rotatable bonds is 2. The largest absolute Gasteiger partial charge is 0.285 e. The molecule has 0 aliphatic rings. The van der Waals surface area contributed by atoms with Crippen LogP contribution in [0.4, 0.5) is 4.39 Å². The Hall–Kier alpha value is -1.62. The van der Waals surface area contributed by atoms with Crippen LogP contribution in [0.3, 0.4) is 0 Å². The van der Waals surface area contributed by atoms with Crippen LogP contribution < -0.4 is 0 Å². The molecular weight excluding hydrogens is 167 g/mol. The number of hydrogen-bond acceptors (Lipinski definition) is 1. The Kier molecular flexibility index (Phi) is 3.22. The van der Waals surface area contributed by atoms with Gasteiger partial charge < -0.3 is 0 Å². The minimum atomic E-state index is -0.324. The van der Waals surface area contributed by atoms with Gasteiger partial charge in [-0.15, -0.1) is 0 Å². The molecule has 1 nitrogen and oxygen atoms in total. The van der Waals surface area contributed by atoms with Crippen molar-refractivity contribution in [2.24, 2.45) is 0 Å². The fraction of sp³-hybridized carbons (Fsp3) is 0.182. The van der Waals surface area contributed by atoms with Gasteiger partial charge in [0.05, 0.1) is 0 Å². The summed E-state index contributed by atoms with van der Waals surface area (Å²) in [5.41, 5.74) is 0.660. The van der Waals surface area contributed by atoms with Crippen molar-refractivity contribution in [3.63, 3.8) is 0 Å². The van der Waals surface area contributed by atoms with Gasteiger partial charge in [-0.3, -0.25) is 4.79 Å². The van der Waals surface area contributed by atoms with Crippen LogP contribution in [0.5, 0.6) is 0 Å². The average molecular weight is 176 g/mol. The van der Waals surface area contributed by atoms with Gasteiger partial charge in [0.15, 0.2) is 0 Å². The Morgan fingerprint density at radius 3 is 2.92 bits per heavy atom. The van der Waals surface area contributed by atoms with Crippen LogP contribution >= 0.6 is 0 Å². The molecule has 0 spiro atoms. The van der Waals surface area contributed by atoms with E-state index in [9.17, 15) is 9.18 Å². The van der Waals surface area contributed by atoms with Crippen molar-refractivity contribution in [2.45, 2.75) is 13.3 Å². The van der Waals surface area contributed by atoms with E-state index in [1.54, 1.807) is 19.1 Å². The molecule has 66 valence electrons. The molecule has 0 amide bonds. The van der Waals surface area contributed by atoms with E-state index in [2.05, 4.69) is 11.8 Å². The zero-order valence-corrected chi connectivity index (χ0v) is 7.30. The highest BCUT2D eigenvalue weighted by Crippen LogP contribution is 2.04. The smallest absolute Gasteiger partial charge is 0.209 e. The molecule has 0 N–H and O–H groups in total. The van der Waals surface area contributed by atoms with Crippen molar-refractivity contribution < 1.29 is 9.18 Å². The molecule has 0 bridgehead atoms. The number of ketones is 1. The number of carbonyl (C=O) groups excluding carboxylic acids is 1. The lowest BCUT2D eigenvalue weighted by molar-refractivity contribution is -0.113. The Morgan fingerprint density at radius 2 is 2.31 bits per heavy atom. The van der Waals surface area contributed by atoms with Crippen molar-refractivity contribution in [3.05, 3.63) is 35.6 Å². The van der Waals surface area contributed by atoms with Gasteiger partial charge in [0.1, 0.15) is 5.82 Å². The predicted molar refractivity (Wildman–Crippen MR) is 48.6 cm³/mol. The standard InChI is InChI=1S/C11H9FO/c1-2-4-11(13)8-9-5-3-6-10(12)7-9/h3,5-7H,8H2,1H3. The van der Waals surface area contributed by atoms with Crippen molar-refractivity contribution in [1.82, 2.24) is 0 Å². The molecule has 0 radical (unpaired) electrons. The highest BCUT2D eigenvalue weighted by molar-refractivity contribution is 5.96. The summed E-state index contributed by atoms with van der Waals surface area (Å²) in [6, 6.07) is 5.98. The fourth-order valence-corrected chi connectivity index (χ4v) is 1.02. The van der Waals surface area contributed by atoms with Gasteiger partial charge in [-0.1, -0.05) is 18.1 Å². The quantitative estimate of drug-likeness (QED) is 0.497. The molecule has 0 atom stereocenters. The zero-order chi connectivity index (χ0) is 9.68. The summed E-state index contributed by atoms with van der Waals surface area (Å²) in [5, 5.41) is 0. The molecule has 0 saturated heterocycles. The Morgan fingerprint density at radius 1 is 1.54 bits per heavy atom. The van der Waals surface area contributed by atoms with Crippen LogP contribution in [0.25, 0.3) is 0 Å². The SMILES string of the molecule is CC#CC(=O)Cc1cccc(F)c1. The van der Waals surface area contributed by atoms with Crippen LogP contribution in [0.1, 0.15) is 12.5 Å². The second-order valence-electron chi connectivity index (χ2n) is 2.60. The maximum atomic E-state index is 12.7. The van der Waals surface area contributed by atoms with Gasteiger partial charge in [-0.25, -0.2) is 4.39 Å². The minimum Gasteiger partial charge on any atom is -0.285 e. The molecule has 0 aliphatic heterocycles. The van der Waals surface area contributed by atoms with Crippen LogP contribution in [-0.4, -0.2) is 5.78 Å². The van der Waals surface area contributed by atoms with Gasteiger partial charge in [-0.2, -0.15) is 0 Å². The molecule has 0 fully saturated rings. The molecule has 0 heterocycles. The first-order chi connectivity index (χ1) is 6.22. The summed E-state index contributed by atoms with van der Waals surface area (Å²) >= 11 is 0. The molecule has 0 aromatic heterocycles. The maximum Gasteiger partial charge on any atom is 0.209 e. The maximum absolute atomic E-state index is 12.7. The van der Waals surface area contributed by atoms with E-state index in [0.717, 1.165) is 0 Å². The molecular formula is C11H9FO. The first kappa shape index (κ1) is 9.47. The molecule has 0 unspecified atom stereocenters. The van der Waals surface area contributed by atoms with Crippen molar-refractivity contribution in [2.75, 3.05) is 0 Å². The van der Waals surface area contributed by atoms with Gasteiger partial charge in [0.25, 0.3) is 0 Å². The Labute approximate surface area is 76.6 Å². The summed E-state index contributed by atoms with van der Waals surface area (Å²) in [4.78, 5) is 11.0. The van der Waals surface area contributed by atoms with Crippen molar-refractivity contribution in [1.29, 1.82) is 0 Å². The van der Waals surface area contributed by atoms with E-state index < -0.39 is 0 Å². The monoisotopic (exact) mass is 176 g/mol. The molecule has 1 rings (SSSR count). The van der Waals surface area contributed by atoms with E-state index in [-0.39, 0.29) is 18.0 Å². The lowest BCUT2D eigenvalue weighted by atomic mass is 10.1. The third-order valence-corrected chi connectivity index (χ3v) is 1.52. The summed E-state index contributed by atoms with van der Waals surface area (Å²) in [6.45, 7) is 1.60. The van der Waals surface area contributed by atoms with Crippen LogP contribution in [0.2, 0.25) is 0 Å². The van der Waals surface area contributed by atoms with E-state index in [0.29, 0.717) is 5.56 Å². The summed E-state index contributed by atoms with van der Waals surface area (Å²) in [5.74, 6) is 4.40. The predicted octanol–water partition coefficient (Wildman–Crippen LogP) is 1.96. The summed E-state index contributed by atoms with van der Waals surface area (Å²) < 4.78 is 12.7. The number of hydrogen-bond donors (Lipinski definition) is 0. The molecule has 13 heavy (non-hydrogen) atoms. The van der Waals surface area contributed by atoms with Crippen molar-refractivity contribution >= 4 is 5.78 Å². The lowest BCUT2D eigenvalue weighted by Gasteiger charge is -1.95. The molecule has 0 saturated carbocycles. The van der Waals surface area contributed by atoms with Gasteiger partial charge >= 0.3 is 0 Å². The fourth-order valence-electron chi connectivity index (χ4n) is 1.02. The zero-order valence-electron chi connectivity index (χ0n) is 7.30. The Bertz CT molecular complexity index is 371. The molecule has 1 aromatic rings.